The summed E-state index contributed by atoms with van der Waals surface area (Å²) < 4.78 is 7.98. The highest BCUT2D eigenvalue weighted by Gasteiger charge is 2.67. The standard InChI is InChI=1S/C23H26N4O3/c1-14-5-6-17(9-15(14)2)27-13-23-8-7-18(30-23)19(20(23)22(27)29)21(28)25(3)11-16-10-24-26(4)12-16/h5-10,12,18-20H,11,13H2,1-4H3/t18-,19?,20?,23-/m0/s1. The zero-order valence-electron chi connectivity index (χ0n) is 17.7. The highest BCUT2D eigenvalue weighted by atomic mass is 16.5. The van der Waals surface area contributed by atoms with Crippen molar-refractivity contribution >= 4 is 17.5 Å². The lowest BCUT2D eigenvalue weighted by atomic mass is 9.76. The third kappa shape index (κ3) is 2.72. The fourth-order valence-electron chi connectivity index (χ4n) is 5.05. The van der Waals surface area contributed by atoms with Gasteiger partial charge in [0.1, 0.15) is 5.60 Å². The van der Waals surface area contributed by atoms with Crippen LogP contribution in [0, 0.1) is 25.7 Å². The number of aryl methyl sites for hydroxylation is 3. The van der Waals surface area contributed by atoms with Crippen LogP contribution in [-0.2, 0) is 27.9 Å². The maximum atomic E-state index is 13.5. The predicted molar refractivity (Wildman–Crippen MR) is 112 cm³/mol. The molecule has 2 unspecified atom stereocenters. The minimum Gasteiger partial charge on any atom is -0.360 e. The number of amides is 2. The summed E-state index contributed by atoms with van der Waals surface area (Å²) in [4.78, 5) is 30.3. The van der Waals surface area contributed by atoms with Gasteiger partial charge in [-0.15, -0.1) is 0 Å². The van der Waals surface area contributed by atoms with Gasteiger partial charge in [-0.1, -0.05) is 18.2 Å². The van der Waals surface area contributed by atoms with E-state index in [0.29, 0.717) is 13.1 Å². The van der Waals surface area contributed by atoms with Gasteiger partial charge in [0.25, 0.3) is 0 Å². The molecule has 0 aliphatic carbocycles. The van der Waals surface area contributed by atoms with Crippen LogP contribution in [-0.4, -0.2) is 51.8 Å². The Balaban J connectivity index is 1.42. The van der Waals surface area contributed by atoms with Gasteiger partial charge in [-0.3, -0.25) is 14.3 Å². The topological polar surface area (TPSA) is 67.7 Å². The Morgan fingerprint density at radius 1 is 1.33 bits per heavy atom. The molecule has 1 aromatic carbocycles. The van der Waals surface area contributed by atoms with Gasteiger partial charge in [0.05, 0.1) is 30.7 Å². The minimum atomic E-state index is -0.712. The van der Waals surface area contributed by atoms with Gasteiger partial charge in [-0.25, -0.2) is 0 Å². The van der Waals surface area contributed by atoms with Crippen molar-refractivity contribution in [3.8, 4) is 0 Å². The Kier molecular flexibility index (Phi) is 4.15. The van der Waals surface area contributed by atoms with E-state index in [1.165, 1.54) is 5.56 Å². The van der Waals surface area contributed by atoms with Gasteiger partial charge in [-0.2, -0.15) is 5.10 Å². The summed E-state index contributed by atoms with van der Waals surface area (Å²) in [5, 5.41) is 4.17. The number of ether oxygens (including phenoxy) is 1. The number of fused-ring (bicyclic) bond motifs is 1. The van der Waals surface area contributed by atoms with E-state index in [1.807, 2.05) is 50.5 Å². The van der Waals surface area contributed by atoms with Crippen LogP contribution in [0.3, 0.4) is 0 Å². The first-order valence-electron chi connectivity index (χ1n) is 10.3. The molecule has 1 aromatic heterocycles. The van der Waals surface area contributed by atoms with E-state index in [0.717, 1.165) is 16.8 Å². The number of carbonyl (C=O) groups is 2. The highest BCUT2D eigenvalue weighted by molar-refractivity contribution is 6.03. The quantitative estimate of drug-likeness (QED) is 0.729. The van der Waals surface area contributed by atoms with Crippen molar-refractivity contribution in [2.45, 2.75) is 32.1 Å². The summed E-state index contributed by atoms with van der Waals surface area (Å²) in [6, 6.07) is 6.04. The number of aromatic nitrogens is 2. The molecule has 0 saturated carbocycles. The maximum Gasteiger partial charge on any atom is 0.234 e. The van der Waals surface area contributed by atoms with E-state index in [-0.39, 0.29) is 17.9 Å². The molecule has 2 aromatic rings. The number of rotatable bonds is 4. The third-order valence-electron chi connectivity index (χ3n) is 6.74. The van der Waals surface area contributed by atoms with Crippen LogP contribution in [0.2, 0.25) is 0 Å². The van der Waals surface area contributed by atoms with Crippen LogP contribution in [0.25, 0.3) is 0 Å². The molecule has 30 heavy (non-hydrogen) atoms. The first kappa shape index (κ1) is 19.1. The van der Waals surface area contributed by atoms with Crippen molar-refractivity contribution in [2.24, 2.45) is 18.9 Å². The lowest BCUT2D eigenvalue weighted by Crippen LogP contribution is -2.44. The largest absolute Gasteiger partial charge is 0.360 e. The molecule has 4 atom stereocenters. The van der Waals surface area contributed by atoms with Crippen LogP contribution in [0.1, 0.15) is 16.7 Å². The summed E-state index contributed by atoms with van der Waals surface area (Å²) >= 11 is 0. The SMILES string of the molecule is Cc1ccc(N2C[C@]34C=C[C@H](O3)C(C(=O)N(C)Cc3cnn(C)c3)C4C2=O)cc1C. The Hall–Kier alpha value is -2.93. The van der Waals surface area contributed by atoms with Crippen LogP contribution in [0.4, 0.5) is 5.69 Å². The molecule has 3 aliphatic heterocycles. The van der Waals surface area contributed by atoms with E-state index in [1.54, 1.807) is 27.7 Å². The average molecular weight is 406 g/mol. The third-order valence-corrected chi connectivity index (χ3v) is 6.74. The van der Waals surface area contributed by atoms with Crippen LogP contribution in [0.15, 0.2) is 42.7 Å². The van der Waals surface area contributed by atoms with Gasteiger partial charge < -0.3 is 14.5 Å². The van der Waals surface area contributed by atoms with Crippen LogP contribution >= 0.6 is 0 Å². The van der Waals surface area contributed by atoms with Crippen molar-refractivity contribution in [1.29, 1.82) is 0 Å². The molecule has 0 radical (unpaired) electrons. The van der Waals surface area contributed by atoms with Crippen LogP contribution in [0.5, 0.6) is 0 Å². The second kappa shape index (κ2) is 6.54. The Bertz CT molecular complexity index is 1070. The number of hydrogen-bond donors (Lipinski definition) is 0. The fraction of sp³-hybridized carbons (Fsp3) is 0.435. The number of hydrogen-bond acceptors (Lipinski definition) is 4. The van der Waals surface area contributed by atoms with Gasteiger partial charge in [0, 0.05) is 38.1 Å². The van der Waals surface area contributed by atoms with Gasteiger partial charge in [0.15, 0.2) is 0 Å². The van der Waals surface area contributed by atoms with Crippen molar-refractivity contribution in [1.82, 2.24) is 14.7 Å². The second-order valence-electron chi connectivity index (χ2n) is 8.81. The molecule has 7 heteroatoms. The van der Waals surface area contributed by atoms with Crippen molar-refractivity contribution in [3.63, 3.8) is 0 Å². The Morgan fingerprint density at radius 2 is 2.13 bits per heavy atom. The summed E-state index contributed by atoms with van der Waals surface area (Å²) in [7, 11) is 3.63. The van der Waals surface area contributed by atoms with Gasteiger partial charge >= 0.3 is 0 Å². The fourth-order valence-corrected chi connectivity index (χ4v) is 5.05. The van der Waals surface area contributed by atoms with E-state index in [2.05, 4.69) is 12.0 Å². The van der Waals surface area contributed by atoms with E-state index < -0.39 is 17.4 Å². The molecule has 4 heterocycles. The van der Waals surface area contributed by atoms with Crippen molar-refractivity contribution < 1.29 is 14.3 Å². The van der Waals surface area contributed by atoms with Crippen LogP contribution < -0.4 is 4.90 Å². The van der Waals surface area contributed by atoms with Gasteiger partial charge in [-0.05, 0) is 37.1 Å². The molecule has 7 nitrogen and oxygen atoms in total. The monoisotopic (exact) mass is 406 g/mol. The molecule has 2 fully saturated rings. The second-order valence-corrected chi connectivity index (χ2v) is 8.81. The number of carbonyl (C=O) groups excluding carboxylic acids is 2. The summed E-state index contributed by atoms with van der Waals surface area (Å²) in [5.74, 6) is -1.08. The molecule has 1 spiro atoms. The first-order valence-corrected chi connectivity index (χ1v) is 10.3. The lowest BCUT2D eigenvalue weighted by molar-refractivity contribution is -0.139. The summed E-state index contributed by atoms with van der Waals surface area (Å²) in [5.41, 5.74) is 3.43. The lowest BCUT2D eigenvalue weighted by Gasteiger charge is -2.27. The predicted octanol–water partition coefficient (Wildman–Crippen LogP) is 1.98. The zero-order valence-corrected chi connectivity index (χ0v) is 17.7. The summed E-state index contributed by atoms with van der Waals surface area (Å²) in [6.07, 6.45) is 7.25. The van der Waals surface area contributed by atoms with E-state index in [4.69, 9.17) is 4.74 Å². The number of nitrogens with zero attached hydrogens (tertiary/aromatic N) is 4. The Morgan fingerprint density at radius 3 is 2.83 bits per heavy atom. The van der Waals surface area contributed by atoms with Crippen molar-refractivity contribution in [2.75, 3.05) is 18.5 Å². The van der Waals surface area contributed by atoms with Crippen molar-refractivity contribution in [3.05, 3.63) is 59.4 Å². The Labute approximate surface area is 175 Å². The normalized spacial score (nSPS) is 29.0. The number of benzene rings is 1. The molecule has 2 bridgehead atoms. The van der Waals surface area contributed by atoms with E-state index >= 15 is 0 Å². The molecular weight excluding hydrogens is 380 g/mol. The molecule has 156 valence electrons. The molecule has 2 amide bonds. The molecular formula is C23H26N4O3. The molecule has 5 rings (SSSR count). The zero-order chi connectivity index (χ0) is 21.2. The first-order chi connectivity index (χ1) is 14.3. The number of anilines is 1. The molecule has 2 saturated heterocycles. The maximum absolute atomic E-state index is 13.5. The summed E-state index contributed by atoms with van der Waals surface area (Å²) in [6.45, 7) is 5.00. The molecule has 0 N–H and O–H groups in total. The minimum absolute atomic E-state index is 0.0294. The average Bonchev–Trinajstić information content (AvgIpc) is 3.45. The molecule has 3 aliphatic rings. The highest BCUT2D eigenvalue weighted by Crippen LogP contribution is 2.53. The smallest absolute Gasteiger partial charge is 0.234 e. The van der Waals surface area contributed by atoms with E-state index in [9.17, 15) is 9.59 Å². The van der Waals surface area contributed by atoms with Gasteiger partial charge in [0.2, 0.25) is 11.8 Å².